The highest BCUT2D eigenvalue weighted by molar-refractivity contribution is 9.10. The summed E-state index contributed by atoms with van der Waals surface area (Å²) in [4.78, 5) is 30.2. The maximum absolute atomic E-state index is 13.0. The third-order valence-corrected chi connectivity index (χ3v) is 10.4. The number of hydrogen-bond donors (Lipinski definition) is 0. The maximum atomic E-state index is 13.0. The first-order chi connectivity index (χ1) is 28.4. The summed E-state index contributed by atoms with van der Waals surface area (Å²) in [6.07, 6.45) is 0. The molecule has 0 fully saturated rings. The average Bonchev–Trinajstić information content (AvgIpc) is 3.26. The smallest absolute Gasteiger partial charge is 0.343 e. The van der Waals surface area contributed by atoms with Crippen molar-refractivity contribution in [2.24, 2.45) is 0 Å². The summed E-state index contributed by atoms with van der Waals surface area (Å²) in [6.45, 7) is 0. The normalized spacial score (nSPS) is 10.7. The summed E-state index contributed by atoms with van der Waals surface area (Å²) in [5.41, 5.74) is 8.54. The maximum Gasteiger partial charge on any atom is 0.343 e. The van der Waals surface area contributed by atoms with E-state index in [1.54, 1.807) is 36.4 Å². The second kappa shape index (κ2) is 17.6. The second-order valence-electron chi connectivity index (χ2n) is 13.2. The van der Waals surface area contributed by atoms with E-state index in [1.807, 2.05) is 121 Å². The Morgan fingerprint density at radius 1 is 0.345 bits per heavy atom. The Bertz CT molecular complexity index is 2470. The number of hydrogen-bond acceptors (Lipinski definition) is 6. The molecular weight excluding hydrogens is 852 g/mol. The van der Waals surface area contributed by atoms with E-state index >= 15 is 0 Å². The number of anilines is 6. The fourth-order valence-electron chi connectivity index (χ4n) is 6.53. The zero-order chi connectivity index (χ0) is 39.8. The van der Waals surface area contributed by atoms with Crippen molar-refractivity contribution in [1.82, 2.24) is 0 Å². The number of benzene rings is 8. The van der Waals surface area contributed by atoms with E-state index in [0.717, 1.165) is 54.2 Å². The number of esters is 2. The zero-order valence-electron chi connectivity index (χ0n) is 30.9. The average molecular weight is 887 g/mol. The molecule has 0 amide bonds. The number of carbonyl (C=O) groups is 2. The summed E-state index contributed by atoms with van der Waals surface area (Å²) in [7, 11) is 0. The van der Waals surface area contributed by atoms with Gasteiger partial charge in [-0.1, -0.05) is 105 Å². The lowest BCUT2D eigenvalue weighted by Crippen LogP contribution is -2.11. The molecule has 0 aliphatic heterocycles. The molecule has 0 saturated heterocycles. The summed E-state index contributed by atoms with van der Waals surface area (Å²) < 4.78 is 13.4. The first-order valence-electron chi connectivity index (χ1n) is 18.4. The highest BCUT2D eigenvalue weighted by Gasteiger charge is 2.17. The Morgan fingerprint density at radius 3 is 1.03 bits per heavy atom. The van der Waals surface area contributed by atoms with Crippen molar-refractivity contribution < 1.29 is 19.1 Å². The monoisotopic (exact) mass is 884 g/mol. The van der Waals surface area contributed by atoms with E-state index in [-0.39, 0.29) is 0 Å². The van der Waals surface area contributed by atoms with E-state index in [1.165, 1.54) is 0 Å². The number of nitrogens with zero attached hydrogens (tertiary/aromatic N) is 2. The van der Waals surface area contributed by atoms with Gasteiger partial charge < -0.3 is 19.3 Å². The molecule has 0 heterocycles. The molecule has 0 radical (unpaired) electrons. The van der Waals surface area contributed by atoms with Gasteiger partial charge in [-0.2, -0.15) is 0 Å². The van der Waals surface area contributed by atoms with Gasteiger partial charge >= 0.3 is 11.9 Å². The molecule has 8 heteroatoms. The number of carbonyl (C=O) groups excluding carboxylic acids is 2. The molecule has 8 aromatic carbocycles. The summed E-state index contributed by atoms with van der Waals surface area (Å²) in [5, 5.41) is 0. The predicted molar refractivity (Wildman–Crippen MR) is 239 cm³/mol. The Labute approximate surface area is 353 Å². The van der Waals surface area contributed by atoms with Crippen LogP contribution in [0.2, 0.25) is 0 Å². The second-order valence-corrected chi connectivity index (χ2v) is 15.1. The van der Waals surface area contributed by atoms with E-state index in [4.69, 9.17) is 9.47 Å². The van der Waals surface area contributed by atoms with Crippen molar-refractivity contribution in [3.63, 3.8) is 0 Å². The molecule has 0 atom stereocenters. The molecule has 6 nitrogen and oxygen atoms in total. The third kappa shape index (κ3) is 8.94. The van der Waals surface area contributed by atoms with Crippen molar-refractivity contribution in [2.75, 3.05) is 9.80 Å². The Morgan fingerprint density at radius 2 is 0.672 bits per heavy atom. The van der Waals surface area contributed by atoms with Crippen molar-refractivity contribution in [1.29, 1.82) is 0 Å². The number of ether oxygens (including phenoxy) is 2. The molecule has 8 rings (SSSR count). The Balaban J connectivity index is 1.05. The standard InChI is InChI=1S/C50H34Br2N2O4/c51-39-25-17-37(18-26-39)49(55)57-47-15-7-13-45(33-47)53(41-9-3-1-4-10-41)43-29-21-35(22-30-43)36-23-31-44(32-24-36)54(42-11-5-2-6-12-42)46-14-8-16-48(34-46)58-50(56)38-19-27-40(52)28-20-38/h1-34H. The molecule has 0 aliphatic carbocycles. The zero-order valence-corrected chi connectivity index (χ0v) is 34.1. The van der Waals surface area contributed by atoms with Crippen LogP contribution in [0, 0.1) is 0 Å². The van der Waals surface area contributed by atoms with E-state index in [9.17, 15) is 9.59 Å². The topological polar surface area (TPSA) is 59.1 Å². The number of para-hydroxylation sites is 2. The predicted octanol–water partition coefficient (Wildman–Crippen LogP) is 14.3. The molecule has 0 bridgehead atoms. The molecule has 8 aromatic rings. The van der Waals surface area contributed by atoms with Crippen LogP contribution < -0.4 is 19.3 Å². The number of rotatable bonds is 11. The quantitative estimate of drug-likeness (QED) is 0.0953. The van der Waals surface area contributed by atoms with E-state index in [2.05, 4.69) is 90.2 Å². The fourth-order valence-corrected chi connectivity index (χ4v) is 7.06. The minimum Gasteiger partial charge on any atom is -0.423 e. The minimum atomic E-state index is -0.426. The Kier molecular flexibility index (Phi) is 11.6. The minimum absolute atomic E-state index is 0.426. The summed E-state index contributed by atoms with van der Waals surface area (Å²) >= 11 is 6.83. The van der Waals surface area contributed by atoms with Gasteiger partial charge in [0.05, 0.1) is 11.1 Å². The van der Waals surface area contributed by atoms with Crippen LogP contribution in [0.15, 0.2) is 215 Å². The highest BCUT2D eigenvalue weighted by Crippen LogP contribution is 2.39. The van der Waals surface area contributed by atoms with Crippen molar-refractivity contribution in [2.45, 2.75) is 0 Å². The lowest BCUT2D eigenvalue weighted by Gasteiger charge is -2.26. The molecule has 58 heavy (non-hydrogen) atoms. The molecule has 0 spiro atoms. The molecule has 0 N–H and O–H groups in total. The molecule has 0 saturated carbocycles. The summed E-state index contributed by atoms with van der Waals surface area (Å²) in [6, 6.07) is 66.2. The van der Waals surface area contributed by atoms with Gasteiger partial charge in [-0.15, -0.1) is 0 Å². The van der Waals surface area contributed by atoms with Gasteiger partial charge in [0.2, 0.25) is 0 Å². The van der Waals surface area contributed by atoms with Crippen LogP contribution in [0.3, 0.4) is 0 Å². The first-order valence-corrected chi connectivity index (χ1v) is 20.0. The van der Waals surface area contributed by atoms with Crippen LogP contribution in [0.25, 0.3) is 11.1 Å². The van der Waals surface area contributed by atoms with Crippen LogP contribution in [-0.4, -0.2) is 11.9 Å². The van der Waals surface area contributed by atoms with Crippen LogP contribution in [0.4, 0.5) is 34.1 Å². The van der Waals surface area contributed by atoms with Crippen LogP contribution in [0.5, 0.6) is 11.5 Å². The Hall–Kier alpha value is -6.74. The molecule has 0 aromatic heterocycles. The van der Waals surface area contributed by atoms with Gasteiger partial charge in [-0.3, -0.25) is 0 Å². The summed E-state index contributed by atoms with van der Waals surface area (Å²) in [5.74, 6) is 0.0386. The first kappa shape index (κ1) is 38.1. The number of halogens is 2. The molecular formula is C50H34Br2N2O4. The van der Waals surface area contributed by atoms with E-state index in [0.29, 0.717) is 22.6 Å². The molecule has 282 valence electrons. The van der Waals surface area contributed by atoms with E-state index < -0.39 is 11.9 Å². The van der Waals surface area contributed by atoms with Crippen molar-refractivity contribution in [3.05, 3.63) is 226 Å². The van der Waals surface area contributed by atoms with Crippen molar-refractivity contribution >= 4 is 77.9 Å². The molecule has 0 unspecified atom stereocenters. The largest absolute Gasteiger partial charge is 0.423 e. The van der Waals surface area contributed by atoms with Gasteiger partial charge in [0.15, 0.2) is 0 Å². The van der Waals surface area contributed by atoms with Gasteiger partial charge in [0.25, 0.3) is 0 Å². The van der Waals surface area contributed by atoms with Crippen LogP contribution in [-0.2, 0) is 0 Å². The lowest BCUT2D eigenvalue weighted by atomic mass is 10.0. The SMILES string of the molecule is O=C(Oc1cccc(N(c2ccccc2)c2ccc(-c3ccc(N(c4ccccc4)c4cccc(OC(=O)c5ccc(Br)cc5)c4)cc3)cc2)c1)c1ccc(Br)cc1. The van der Waals surface area contributed by atoms with Gasteiger partial charge in [0.1, 0.15) is 11.5 Å². The fraction of sp³-hybridized carbons (Fsp3) is 0. The van der Waals surface area contributed by atoms with Gasteiger partial charge in [0, 0.05) is 55.2 Å². The lowest BCUT2D eigenvalue weighted by molar-refractivity contribution is 0.0725. The molecule has 0 aliphatic rings. The van der Waals surface area contributed by atoms with Crippen molar-refractivity contribution in [3.8, 4) is 22.6 Å². The van der Waals surface area contributed by atoms with Gasteiger partial charge in [-0.05, 0) is 132 Å². The van der Waals surface area contributed by atoms with Crippen LogP contribution in [0.1, 0.15) is 20.7 Å². The van der Waals surface area contributed by atoms with Crippen LogP contribution >= 0.6 is 31.9 Å². The van der Waals surface area contributed by atoms with Gasteiger partial charge in [-0.25, -0.2) is 9.59 Å². The highest BCUT2D eigenvalue weighted by atomic mass is 79.9. The third-order valence-electron chi connectivity index (χ3n) is 9.35.